The zero-order valence-electron chi connectivity index (χ0n) is 21.3. The van der Waals surface area contributed by atoms with Gasteiger partial charge in [0, 0.05) is 31.2 Å². The molecule has 0 amide bonds. The lowest BCUT2D eigenvalue weighted by atomic mass is 9.99. The van der Waals surface area contributed by atoms with Gasteiger partial charge in [-0.2, -0.15) is 5.10 Å². The molecule has 1 fully saturated rings. The summed E-state index contributed by atoms with van der Waals surface area (Å²) < 4.78 is 3.96. The molecule has 2 aromatic heterocycles. The second-order valence-corrected chi connectivity index (χ2v) is 9.96. The number of nitrogens with one attached hydrogen (secondary N) is 2. The molecule has 5 rings (SSSR count). The van der Waals surface area contributed by atoms with Crippen LogP contribution in [0.3, 0.4) is 0 Å². The fourth-order valence-corrected chi connectivity index (χ4v) is 5.41. The summed E-state index contributed by atoms with van der Waals surface area (Å²) in [5.74, 6) is 0.836. The second kappa shape index (κ2) is 9.74. The van der Waals surface area contributed by atoms with Gasteiger partial charge in [-0.1, -0.05) is 42.7 Å². The summed E-state index contributed by atoms with van der Waals surface area (Å²) in [6.07, 6.45) is 4.57. The van der Waals surface area contributed by atoms with E-state index in [-0.39, 0.29) is 5.69 Å². The Bertz CT molecular complexity index is 1390. The highest BCUT2D eigenvalue weighted by Crippen LogP contribution is 2.38. The number of anilines is 1. The maximum atomic E-state index is 13.4. The molecule has 4 aromatic rings. The van der Waals surface area contributed by atoms with E-state index in [9.17, 15) is 4.79 Å². The molecule has 0 bridgehead atoms. The quantitative estimate of drug-likeness (QED) is 0.366. The van der Waals surface area contributed by atoms with Crippen molar-refractivity contribution in [2.45, 2.75) is 52.1 Å². The Morgan fingerprint density at radius 1 is 1.09 bits per heavy atom. The predicted molar refractivity (Wildman–Crippen MR) is 144 cm³/mol. The Kier molecular flexibility index (Phi) is 6.52. The zero-order valence-corrected chi connectivity index (χ0v) is 21.3. The van der Waals surface area contributed by atoms with Crippen LogP contribution in [0.5, 0.6) is 0 Å². The van der Waals surface area contributed by atoms with Crippen LogP contribution < -0.4 is 11.0 Å². The van der Waals surface area contributed by atoms with Gasteiger partial charge in [0.2, 0.25) is 0 Å². The minimum atomic E-state index is 0.113. The smallest absolute Gasteiger partial charge is 0.329 e. The van der Waals surface area contributed by atoms with Crippen LogP contribution in [-0.4, -0.2) is 51.4 Å². The van der Waals surface area contributed by atoms with E-state index in [0.29, 0.717) is 12.6 Å². The van der Waals surface area contributed by atoms with Crippen molar-refractivity contribution in [2.24, 2.45) is 0 Å². The number of aromatic amines is 1. The highest BCUT2D eigenvalue weighted by Gasteiger charge is 2.24. The van der Waals surface area contributed by atoms with E-state index in [4.69, 9.17) is 0 Å². The summed E-state index contributed by atoms with van der Waals surface area (Å²) in [5, 5.41) is 11.5. The predicted octanol–water partition coefficient (Wildman–Crippen LogP) is 5.28. The number of aryl methyl sites for hydroxylation is 2. The molecule has 7 heteroatoms. The Morgan fingerprint density at radius 3 is 2.60 bits per heavy atom. The summed E-state index contributed by atoms with van der Waals surface area (Å²) >= 11 is 0. The lowest BCUT2D eigenvalue weighted by molar-refractivity contribution is 0.425. The molecule has 184 valence electrons. The van der Waals surface area contributed by atoms with Crippen LogP contribution in [0.15, 0.2) is 47.3 Å². The van der Waals surface area contributed by atoms with E-state index in [1.807, 2.05) is 9.13 Å². The molecule has 2 aromatic carbocycles. The number of fused-ring (bicyclic) bond motifs is 1. The van der Waals surface area contributed by atoms with Gasteiger partial charge < -0.3 is 10.2 Å². The average Bonchev–Trinajstić information content (AvgIpc) is 3.56. The van der Waals surface area contributed by atoms with Crippen molar-refractivity contribution < 1.29 is 0 Å². The fraction of sp³-hybridized carbons (Fsp3) is 0.429. The van der Waals surface area contributed by atoms with Crippen molar-refractivity contribution in [3.05, 3.63) is 58.5 Å². The Labute approximate surface area is 206 Å². The number of aromatic nitrogens is 4. The molecule has 1 aliphatic carbocycles. The molecule has 0 saturated heterocycles. The van der Waals surface area contributed by atoms with Gasteiger partial charge >= 0.3 is 5.69 Å². The molecule has 2 N–H and O–H groups in total. The average molecular weight is 473 g/mol. The number of hydrogen-bond donors (Lipinski definition) is 2. The largest absolute Gasteiger partial charge is 0.367 e. The van der Waals surface area contributed by atoms with Crippen molar-refractivity contribution in [1.29, 1.82) is 0 Å². The number of imidazole rings is 1. The molecule has 0 atom stereocenters. The third-order valence-electron chi connectivity index (χ3n) is 7.18. The molecule has 35 heavy (non-hydrogen) atoms. The van der Waals surface area contributed by atoms with Crippen LogP contribution in [0.1, 0.15) is 44.2 Å². The van der Waals surface area contributed by atoms with E-state index in [1.165, 1.54) is 18.4 Å². The lowest BCUT2D eigenvalue weighted by Gasteiger charge is -2.13. The molecule has 7 nitrogen and oxygen atoms in total. The minimum Gasteiger partial charge on any atom is -0.367 e. The molecular formula is C28H36N6O. The van der Waals surface area contributed by atoms with Crippen LogP contribution >= 0.6 is 0 Å². The topological polar surface area (TPSA) is 70.9 Å². The number of nitrogens with zero attached hydrogens (tertiary/aromatic N) is 4. The maximum Gasteiger partial charge on any atom is 0.329 e. The van der Waals surface area contributed by atoms with Crippen LogP contribution in [0, 0.1) is 6.92 Å². The van der Waals surface area contributed by atoms with E-state index >= 15 is 0 Å². The lowest BCUT2D eigenvalue weighted by Crippen LogP contribution is -2.26. The first-order chi connectivity index (χ1) is 17.0. The van der Waals surface area contributed by atoms with Crippen LogP contribution in [-0.2, 0) is 6.54 Å². The van der Waals surface area contributed by atoms with Gasteiger partial charge in [0.15, 0.2) is 5.82 Å². The summed E-state index contributed by atoms with van der Waals surface area (Å²) in [6.45, 7) is 6.51. The number of H-pyrrole nitrogens is 1. The van der Waals surface area contributed by atoms with Crippen molar-refractivity contribution in [3.63, 3.8) is 0 Å². The zero-order chi connectivity index (χ0) is 24.5. The van der Waals surface area contributed by atoms with Crippen LogP contribution in [0.4, 0.5) is 5.82 Å². The van der Waals surface area contributed by atoms with Gasteiger partial charge in [0.1, 0.15) is 0 Å². The van der Waals surface area contributed by atoms with Crippen molar-refractivity contribution >= 4 is 16.9 Å². The highest BCUT2D eigenvalue weighted by molar-refractivity contribution is 5.92. The number of hydrogen-bond acceptors (Lipinski definition) is 4. The molecular weight excluding hydrogens is 436 g/mol. The first kappa shape index (κ1) is 23.4. The van der Waals surface area contributed by atoms with Gasteiger partial charge in [-0.15, -0.1) is 0 Å². The fourth-order valence-electron chi connectivity index (χ4n) is 5.41. The molecule has 1 saturated carbocycles. The molecule has 0 spiro atoms. The second-order valence-electron chi connectivity index (χ2n) is 9.96. The van der Waals surface area contributed by atoms with Crippen molar-refractivity contribution in [1.82, 2.24) is 24.2 Å². The molecule has 0 unspecified atom stereocenters. The summed E-state index contributed by atoms with van der Waals surface area (Å²) in [7, 11) is 4.14. The van der Waals surface area contributed by atoms with E-state index in [1.54, 1.807) is 0 Å². The molecule has 0 aliphatic heterocycles. The van der Waals surface area contributed by atoms with Crippen molar-refractivity contribution in [3.8, 4) is 22.4 Å². The van der Waals surface area contributed by atoms with Crippen molar-refractivity contribution in [2.75, 3.05) is 32.5 Å². The molecule has 1 aliphatic rings. The third-order valence-corrected chi connectivity index (χ3v) is 7.18. The van der Waals surface area contributed by atoms with Crippen LogP contribution in [0.2, 0.25) is 0 Å². The summed E-state index contributed by atoms with van der Waals surface area (Å²) in [6, 6.07) is 15.2. The highest BCUT2D eigenvalue weighted by atomic mass is 16.1. The Morgan fingerprint density at radius 2 is 1.89 bits per heavy atom. The van der Waals surface area contributed by atoms with Crippen LogP contribution in [0.25, 0.3) is 33.4 Å². The number of benzene rings is 2. The maximum absolute atomic E-state index is 13.4. The summed E-state index contributed by atoms with van der Waals surface area (Å²) in [5.41, 5.74) is 7.54. The van der Waals surface area contributed by atoms with Gasteiger partial charge in [0.25, 0.3) is 0 Å². The van der Waals surface area contributed by atoms with E-state index in [0.717, 1.165) is 65.2 Å². The standard InChI is InChI=1S/C28H36N6O/c1-5-33-24-18-20(13-14-23(24)34(28(33)35)22-11-6-7-12-22)25-26(21-10-8-9-19(2)17-21)30-31-27(25)29-15-16-32(3)4/h8-10,13-14,17-18,22H,5-7,11-12,15-16H2,1-4H3,(H2,29,30,31). The van der Waals surface area contributed by atoms with E-state index in [2.05, 4.69) is 90.8 Å². The normalized spacial score (nSPS) is 14.4. The van der Waals surface area contributed by atoms with Gasteiger partial charge in [-0.05, 0) is 64.5 Å². The van der Waals surface area contributed by atoms with Gasteiger partial charge in [0.05, 0.1) is 22.3 Å². The Balaban J connectivity index is 1.66. The first-order valence-electron chi connectivity index (χ1n) is 12.8. The van der Waals surface area contributed by atoms with Gasteiger partial charge in [-0.25, -0.2) is 4.79 Å². The third kappa shape index (κ3) is 4.41. The molecule has 2 heterocycles. The first-order valence-corrected chi connectivity index (χ1v) is 12.8. The van der Waals surface area contributed by atoms with E-state index < -0.39 is 0 Å². The number of likely N-dealkylation sites (N-methyl/N-ethyl adjacent to an activating group) is 1. The SMILES string of the molecule is CCn1c(=O)n(C2CCCC2)c2ccc(-c3c(NCCN(C)C)n[nH]c3-c3cccc(C)c3)cc21. The molecule has 0 radical (unpaired) electrons. The summed E-state index contributed by atoms with van der Waals surface area (Å²) in [4.78, 5) is 15.5. The monoisotopic (exact) mass is 472 g/mol. The van der Waals surface area contributed by atoms with Gasteiger partial charge in [-0.3, -0.25) is 14.2 Å². The minimum absolute atomic E-state index is 0.113. The number of rotatable bonds is 8. The Hall–Kier alpha value is -3.32.